The van der Waals surface area contributed by atoms with Crippen molar-refractivity contribution in [2.24, 2.45) is 0 Å². The molecule has 0 radical (unpaired) electrons. The Kier molecular flexibility index (Phi) is 6.83. The van der Waals surface area contributed by atoms with Crippen molar-refractivity contribution >= 4 is 67.9 Å². The standard InChI is InChI=1S/C23H14BrClN2O5S/c24-19-11-14(4-9-20(19)32-13-15-2-1-3-18(10-15)27(30)31)12-21-22(28)26(23(29)33-21)17-7-5-16(25)6-8-17/h1-12H,13H2/b21-12+. The predicted octanol–water partition coefficient (Wildman–Crippen LogP) is 6.83. The molecule has 1 fully saturated rings. The lowest BCUT2D eigenvalue weighted by Crippen LogP contribution is -2.27. The van der Waals surface area contributed by atoms with Crippen LogP contribution in [0.3, 0.4) is 0 Å². The van der Waals surface area contributed by atoms with Crippen molar-refractivity contribution in [1.82, 2.24) is 0 Å². The van der Waals surface area contributed by atoms with E-state index in [4.69, 9.17) is 16.3 Å². The number of nitro benzene ring substituents is 1. The number of hydrogen-bond donors (Lipinski definition) is 0. The maximum absolute atomic E-state index is 12.8. The van der Waals surface area contributed by atoms with Crippen LogP contribution in [0, 0.1) is 10.1 Å². The summed E-state index contributed by atoms with van der Waals surface area (Å²) in [5.41, 5.74) is 1.82. The third-order valence-corrected chi connectivity index (χ3v) is 6.39. The smallest absolute Gasteiger partial charge is 0.298 e. The van der Waals surface area contributed by atoms with E-state index in [9.17, 15) is 19.7 Å². The quantitative estimate of drug-likeness (QED) is 0.192. The minimum absolute atomic E-state index is 0.00180. The highest BCUT2D eigenvalue weighted by molar-refractivity contribution is 9.10. The van der Waals surface area contributed by atoms with Gasteiger partial charge in [-0.1, -0.05) is 29.8 Å². The second kappa shape index (κ2) is 9.78. The van der Waals surface area contributed by atoms with Gasteiger partial charge in [0.25, 0.3) is 16.8 Å². The summed E-state index contributed by atoms with van der Waals surface area (Å²) in [6.07, 6.45) is 1.63. The van der Waals surface area contributed by atoms with Gasteiger partial charge < -0.3 is 4.74 Å². The molecule has 4 rings (SSSR count). The summed E-state index contributed by atoms with van der Waals surface area (Å²) in [6.45, 7) is 0.152. The first-order valence-electron chi connectivity index (χ1n) is 9.51. The van der Waals surface area contributed by atoms with Gasteiger partial charge >= 0.3 is 0 Å². The Bertz CT molecular complexity index is 1300. The lowest BCUT2D eigenvalue weighted by atomic mass is 10.2. The molecule has 0 aliphatic carbocycles. The van der Waals surface area contributed by atoms with Crippen LogP contribution in [0.25, 0.3) is 6.08 Å². The van der Waals surface area contributed by atoms with Crippen molar-refractivity contribution in [1.29, 1.82) is 0 Å². The molecule has 33 heavy (non-hydrogen) atoms. The summed E-state index contributed by atoms with van der Waals surface area (Å²) in [5, 5.41) is 11.0. The van der Waals surface area contributed by atoms with Crippen LogP contribution in [0.4, 0.5) is 16.2 Å². The van der Waals surface area contributed by atoms with Crippen LogP contribution in [0.5, 0.6) is 5.75 Å². The zero-order chi connectivity index (χ0) is 23.5. The molecule has 0 N–H and O–H groups in total. The zero-order valence-corrected chi connectivity index (χ0v) is 19.9. The highest BCUT2D eigenvalue weighted by Gasteiger charge is 2.36. The highest BCUT2D eigenvalue weighted by Crippen LogP contribution is 2.37. The van der Waals surface area contributed by atoms with Crippen molar-refractivity contribution in [3.63, 3.8) is 0 Å². The number of carbonyl (C=O) groups is 2. The Morgan fingerprint density at radius 1 is 1.09 bits per heavy atom. The van der Waals surface area contributed by atoms with Crippen LogP contribution in [-0.4, -0.2) is 16.1 Å². The van der Waals surface area contributed by atoms with E-state index in [-0.39, 0.29) is 17.5 Å². The van der Waals surface area contributed by atoms with Crippen LogP contribution in [-0.2, 0) is 11.4 Å². The summed E-state index contributed by atoms with van der Waals surface area (Å²) < 4.78 is 6.41. The third-order valence-electron chi connectivity index (χ3n) is 4.65. The molecule has 0 aromatic heterocycles. The number of benzene rings is 3. The lowest BCUT2D eigenvalue weighted by molar-refractivity contribution is -0.384. The fourth-order valence-corrected chi connectivity index (χ4v) is 4.55. The summed E-state index contributed by atoms with van der Waals surface area (Å²) in [7, 11) is 0. The molecule has 166 valence electrons. The summed E-state index contributed by atoms with van der Waals surface area (Å²) >= 11 is 10.2. The van der Waals surface area contributed by atoms with Gasteiger partial charge in [0.15, 0.2) is 0 Å². The van der Waals surface area contributed by atoms with E-state index < -0.39 is 10.8 Å². The van der Waals surface area contributed by atoms with E-state index >= 15 is 0 Å². The topological polar surface area (TPSA) is 89.7 Å². The molecule has 2 amide bonds. The Hall–Kier alpha value is -3.14. The number of halogens is 2. The molecule has 1 aliphatic rings. The van der Waals surface area contributed by atoms with Gasteiger partial charge in [-0.3, -0.25) is 19.7 Å². The summed E-state index contributed by atoms with van der Waals surface area (Å²) in [5.74, 6) is 0.127. The molecule has 0 spiro atoms. The van der Waals surface area contributed by atoms with Crippen LogP contribution in [0.15, 0.2) is 76.1 Å². The van der Waals surface area contributed by atoms with Gasteiger partial charge in [0, 0.05) is 17.2 Å². The van der Waals surface area contributed by atoms with Crippen molar-refractivity contribution in [2.75, 3.05) is 4.90 Å². The number of imide groups is 1. The number of nitrogens with zero attached hydrogens (tertiary/aromatic N) is 2. The molecule has 0 saturated carbocycles. The number of anilines is 1. The van der Waals surface area contributed by atoms with Crippen LogP contribution < -0.4 is 9.64 Å². The molecule has 0 bridgehead atoms. The van der Waals surface area contributed by atoms with E-state index in [1.165, 1.54) is 12.1 Å². The summed E-state index contributed by atoms with van der Waals surface area (Å²) in [6, 6.07) is 17.9. The number of amides is 2. The molecule has 7 nitrogen and oxygen atoms in total. The maximum atomic E-state index is 12.8. The van der Waals surface area contributed by atoms with Crippen molar-refractivity contribution in [3.05, 3.63) is 102 Å². The van der Waals surface area contributed by atoms with Gasteiger partial charge in [0.05, 0.1) is 20.0 Å². The molecular weight excluding hydrogens is 532 g/mol. The maximum Gasteiger partial charge on any atom is 0.298 e. The van der Waals surface area contributed by atoms with Crippen LogP contribution in [0.1, 0.15) is 11.1 Å². The molecule has 3 aromatic rings. The van der Waals surface area contributed by atoms with E-state index in [0.29, 0.717) is 37.0 Å². The number of hydrogen-bond acceptors (Lipinski definition) is 6. The largest absolute Gasteiger partial charge is 0.488 e. The Balaban J connectivity index is 1.48. The molecule has 3 aromatic carbocycles. The SMILES string of the molecule is O=C1S/C(=C/c2ccc(OCc3cccc([N+](=O)[O-])c3)c(Br)c2)C(=O)N1c1ccc(Cl)cc1. The summed E-state index contributed by atoms with van der Waals surface area (Å²) in [4.78, 5) is 37.1. The molecule has 0 unspecified atom stereocenters. The molecule has 1 saturated heterocycles. The van der Waals surface area contributed by atoms with Crippen molar-refractivity contribution in [2.45, 2.75) is 6.61 Å². The number of non-ortho nitro benzene ring substituents is 1. The number of carbonyl (C=O) groups excluding carboxylic acids is 2. The second-order valence-corrected chi connectivity index (χ2v) is 9.18. The first kappa shape index (κ1) is 23.0. The first-order chi connectivity index (χ1) is 15.8. The average Bonchev–Trinajstić information content (AvgIpc) is 3.07. The normalized spacial score (nSPS) is 14.7. The van der Waals surface area contributed by atoms with Gasteiger partial charge in [-0.2, -0.15) is 0 Å². The molecule has 1 heterocycles. The minimum Gasteiger partial charge on any atom is -0.488 e. The fourth-order valence-electron chi connectivity index (χ4n) is 3.08. The average molecular weight is 546 g/mol. The Morgan fingerprint density at radius 2 is 1.85 bits per heavy atom. The van der Waals surface area contributed by atoms with Crippen LogP contribution in [0.2, 0.25) is 5.02 Å². The third kappa shape index (κ3) is 5.27. The van der Waals surface area contributed by atoms with Gasteiger partial charge in [-0.25, -0.2) is 4.90 Å². The number of ether oxygens (including phenoxy) is 1. The highest BCUT2D eigenvalue weighted by atomic mass is 79.9. The van der Waals surface area contributed by atoms with Crippen molar-refractivity contribution in [3.8, 4) is 5.75 Å². The number of rotatable bonds is 6. The number of thioether (sulfide) groups is 1. The first-order valence-corrected chi connectivity index (χ1v) is 11.5. The van der Waals surface area contributed by atoms with E-state index in [1.807, 2.05) is 0 Å². The fraction of sp³-hybridized carbons (Fsp3) is 0.0435. The van der Waals surface area contributed by atoms with Crippen LogP contribution >= 0.6 is 39.3 Å². The lowest BCUT2D eigenvalue weighted by Gasteiger charge is -2.12. The van der Waals surface area contributed by atoms with E-state index in [0.717, 1.165) is 16.7 Å². The molecule has 0 atom stereocenters. The molecule has 1 aliphatic heterocycles. The van der Waals surface area contributed by atoms with Gasteiger partial charge in [-0.05, 0) is 81.3 Å². The van der Waals surface area contributed by atoms with E-state index in [1.54, 1.807) is 60.7 Å². The second-order valence-electron chi connectivity index (χ2n) is 6.90. The van der Waals surface area contributed by atoms with E-state index in [2.05, 4.69) is 15.9 Å². The van der Waals surface area contributed by atoms with Gasteiger partial charge in [0.2, 0.25) is 0 Å². The molecule has 10 heteroatoms. The minimum atomic E-state index is -0.456. The van der Waals surface area contributed by atoms with Crippen molar-refractivity contribution < 1.29 is 19.2 Å². The predicted molar refractivity (Wildman–Crippen MR) is 131 cm³/mol. The Morgan fingerprint density at radius 3 is 2.55 bits per heavy atom. The Labute approximate surface area is 206 Å². The van der Waals surface area contributed by atoms with Gasteiger partial charge in [0.1, 0.15) is 12.4 Å². The number of nitro groups is 1. The zero-order valence-electron chi connectivity index (χ0n) is 16.7. The monoisotopic (exact) mass is 544 g/mol. The van der Waals surface area contributed by atoms with Gasteiger partial charge in [-0.15, -0.1) is 0 Å². The molecular formula is C23H14BrClN2O5S.